The van der Waals surface area contributed by atoms with Gasteiger partial charge in [0.05, 0.1) is 6.20 Å². The van der Waals surface area contributed by atoms with Crippen LogP contribution in [0, 0.1) is 18.8 Å². The van der Waals surface area contributed by atoms with E-state index in [1.165, 1.54) is 0 Å². The molecule has 1 aliphatic carbocycles. The summed E-state index contributed by atoms with van der Waals surface area (Å²) in [5.74, 6) is 2.60. The molecule has 1 N–H and O–H groups in total. The van der Waals surface area contributed by atoms with Crippen LogP contribution >= 0.6 is 0 Å². The topological polar surface area (TPSA) is 80.9 Å². The van der Waals surface area contributed by atoms with Gasteiger partial charge >= 0.3 is 0 Å². The van der Waals surface area contributed by atoms with Crippen molar-refractivity contribution < 1.29 is 9.21 Å². The number of carbonyl (C=O) groups is 1. The van der Waals surface area contributed by atoms with Gasteiger partial charge in [-0.15, -0.1) is 0 Å². The third kappa shape index (κ3) is 4.21. The van der Waals surface area contributed by atoms with E-state index < -0.39 is 0 Å². The Balaban J connectivity index is 1.57. The predicted octanol–water partition coefficient (Wildman–Crippen LogP) is 5.29. The molecule has 6 nitrogen and oxygen atoms in total. The molecule has 0 bridgehead atoms. The summed E-state index contributed by atoms with van der Waals surface area (Å²) in [6, 6.07) is 9.75. The lowest BCUT2D eigenvalue weighted by atomic mass is 9.72. The molecule has 150 valence electrons. The van der Waals surface area contributed by atoms with Gasteiger partial charge in [-0.25, -0.2) is 15.0 Å². The lowest BCUT2D eigenvalue weighted by Crippen LogP contribution is -2.31. The first kappa shape index (κ1) is 19.3. The first-order valence-corrected chi connectivity index (χ1v) is 10.2. The Labute approximate surface area is 170 Å². The molecule has 1 fully saturated rings. The smallest absolute Gasteiger partial charge is 0.227 e. The number of hydrogen-bond acceptors (Lipinski definition) is 6. The van der Waals surface area contributed by atoms with E-state index in [2.05, 4.69) is 34.1 Å². The minimum Gasteiger partial charge on any atom is -0.440 e. The molecule has 2 atom stereocenters. The van der Waals surface area contributed by atoms with E-state index in [0.717, 1.165) is 29.8 Å². The van der Waals surface area contributed by atoms with Crippen molar-refractivity contribution in [1.29, 1.82) is 0 Å². The van der Waals surface area contributed by atoms with Crippen molar-refractivity contribution in [2.45, 2.75) is 46.0 Å². The van der Waals surface area contributed by atoms with Crippen LogP contribution in [0.25, 0.3) is 11.3 Å². The maximum absolute atomic E-state index is 12.4. The van der Waals surface area contributed by atoms with Crippen molar-refractivity contribution in [3.63, 3.8) is 0 Å². The highest BCUT2D eigenvalue weighted by atomic mass is 16.4. The van der Waals surface area contributed by atoms with Crippen LogP contribution in [-0.2, 0) is 4.79 Å². The summed E-state index contributed by atoms with van der Waals surface area (Å²) in [5.41, 5.74) is 2.70. The number of aryl methyl sites for hydroxylation is 1. The zero-order valence-electron chi connectivity index (χ0n) is 17.1. The van der Waals surface area contributed by atoms with Crippen LogP contribution in [0.1, 0.15) is 50.6 Å². The number of nitrogens with zero attached hydrogens (tertiary/aromatic N) is 3. The normalized spacial score (nSPS) is 19.5. The monoisotopic (exact) mass is 390 g/mol. The Morgan fingerprint density at radius 3 is 2.86 bits per heavy atom. The SMILES string of the molecule is Cc1ccnc(Nc2cccc(-c3cnc(C4CCCC(=O)[C@H]4C(C)C)o3)c2)n1. The number of benzene rings is 1. The van der Waals surface area contributed by atoms with Gasteiger partial charge < -0.3 is 9.73 Å². The van der Waals surface area contributed by atoms with Gasteiger partial charge in [-0.2, -0.15) is 0 Å². The molecule has 2 aromatic heterocycles. The molecule has 1 saturated carbocycles. The maximum atomic E-state index is 12.4. The molecule has 0 spiro atoms. The largest absolute Gasteiger partial charge is 0.440 e. The van der Waals surface area contributed by atoms with E-state index in [0.29, 0.717) is 29.8 Å². The maximum Gasteiger partial charge on any atom is 0.227 e. The summed E-state index contributed by atoms with van der Waals surface area (Å²) >= 11 is 0. The van der Waals surface area contributed by atoms with E-state index in [4.69, 9.17) is 4.42 Å². The second-order valence-electron chi connectivity index (χ2n) is 8.03. The fraction of sp³-hybridized carbons (Fsp3) is 0.391. The van der Waals surface area contributed by atoms with Gasteiger partial charge in [-0.05, 0) is 43.9 Å². The number of ketones is 1. The van der Waals surface area contributed by atoms with Crippen LogP contribution in [0.5, 0.6) is 0 Å². The predicted molar refractivity (Wildman–Crippen MR) is 112 cm³/mol. The number of nitrogens with one attached hydrogen (secondary N) is 1. The molecular formula is C23H26N4O2. The van der Waals surface area contributed by atoms with Crippen molar-refractivity contribution in [3.05, 3.63) is 54.3 Å². The summed E-state index contributed by atoms with van der Waals surface area (Å²) in [4.78, 5) is 25.6. The first-order valence-electron chi connectivity index (χ1n) is 10.2. The third-order valence-corrected chi connectivity index (χ3v) is 5.50. The summed E-state index contributed by atoms with van der Waals surface area (Å²) in [7, 11) is 0. The molecule has 1 aromatic carbocycles. The van der Waals surface area contributed by atoms with E-state index in [-0.39, 0.29) is 17.8 Å². The number of aromatic nitrogens is 3. The van der Waals surface area contributed by atoms with E-state index in [1.54, 1.807) is 12.4 Å². The average molecular weight is 390 g/mol. The van der Waals surface area contributed by atoms with Crippen molar-refractivity contribution in [3.8, 4) is 11.3 Å². The molecule has 4 rings (SSSR count). The molecule has 0 aliphatic heterocycles. The van der Waals surface area contributed by atoms with E-state index >= 15 is 0 Å². The summed E-state index contributed by atoms with van der Waals surface area (Å²) < 4.78 is 6.14. The number of carbonyl (C=O) groups excluding carboxylic acids is 1. The zero-order valence-corrected chi connectivity index (χ0v) is 17.1. The highest BCUT2D eigenvalue weighted by molar-refractivity contribution is 5.83. The fourth-order valence-corrected chi connectivity index (χ4v) is 4.16. The van der Waals surface area contributed by atoms with Crippen molar-refractivity contribution in [2.24, 2.45) is 11.8 Å². The van der Waals surface area contributed by atoms with Gasteiger partial charge in [0.1, 0.15) is 5.78 Å². The van der Waals surface area contributed by atoms with Crippen LogP contribution in [0.4, 0.5) is 11.6 Å². The van der Waals surface area contributed by atoms with E-state index in [1.807, 2.05) is 37.3 Å². The lowest BCUT2D eigenvalue weighted by Gasteiger charge is -2.30. The highest BCUT2D eigenvalue weighted by Gasteiger charge is 2.37. The molecule has 0 amide bonds. The summed E-state index contributed by atoms with van der Waals surface area (Å²) in [6.07, 6.45) is 6.00. The molecule has 1 unspecified atom stereocenters. The van der Waals surface area contributed by atoms with E-state index in [9.17, 15) is 4.79 Å². The molecule has 6 heteroatoms. The molecule has 2 heterocycles. The van der Waals surface area contributed by atoms with Gasteiger partial charge in [0.15, 0.2) is 11.7 Å². The lowest BCUT2D eigenvalue weighted by molar-refractivity contribution is -0.127. The molecule has 0 radical (unpaired) electrons. The number of hydrogen-bond donors (Lipinski definition) is 1. The zero-order chi connectivity index (χ0) is 20.4. The van der Waals surface area contributed by atoms with Crippen LogP contribution < -0.4 is 5.32 Å². The van der Waals surface area contributed by atoms with Crippen molar-refractivity contribution in [1.82, 2.24) is 15.0 Å². The van der Waals surface area contributed by atoms with Crippen molar-refractivity contribution in [2.75, 3.05) is 5.32 Å². The Morgan fingerprint density at radius 2 is 2.07 bits per heavy atom. The molecule has 29 heavy (non-hydrogen) atoms. The number of Topliss-reactive ketones (excluding diaryl/α,β-unsaturated/α-hetero) is 1. The van der Waals surface area contributed by atoms with Crippen LogP contribution in [0.2, 0.25) is 0 Å². The number of anilines is 2. The fourth-order valence-electron chi connectivity index (χ4n) is 4.16. The second kappa shape index (κ2) is 8.15. The minimum absolute atomic E-state index is 0.0123. The second-order valence-corrected chi connectivity index (χ2v) is 8.03. The highest BCUT2D eigenvalue weighted by Crippen LogP contribution is 2.40. The van der Waals surface area contributed by atoms with Gasteiger partial charge in [-0.3, -0.25) is 4.79 Å². The van der Waals surface area contributed by atoms with Gasteiger partial charge in [0, 0.05) is 41.4 Å². The average Bonchev–Trinajstić information content (AvgIpc) is 3.18. The van der Waals surface area contributed by atoms with Crippen LogP contribution in [0.3, 0.4) is 0 Å². The van der Waals surface area contributed by atoms with Gasteiger partial charge in [0.25, 0.3) is 0 Å². The number of oxazole rings is 1. The Bertz CT molecular complexity index is 1010. The third-order valence-electron chi connectivity index (χ3n) is 5.50. The van der Waals surface area contributed by atoms with Gasteiger partial charge in [-0.1, -0.05) is 26.0 Å². The number of rotatable bonds is 5. The molecule has 0 saturated heterocycles. The van der Waals surface area contributed by atoms with Crippen molar-refractivity contribution >= 4 is 17.4 Å². The Kier molecular flexibility index (Phi) is 5.43. The molecule has 1 aliphatic rings. The summed E-state index contributed by atoms with van der Waals surface area (Å²) in [6.45, 7) is 6.14. The Hall–Kier alpha value is -3.02. The van der Waals surface area contributed by atoms with Crippen LogP contribution in [0.15, 0.2) is 47.1 Å². The standard InChI is InChI=1S/C23H26N4O2/c1-14(2)21-18(8-5-9-19(21)28)22-25-13-20(29-22)16-6-4-7-17(12-16)27-23-24-11-10-15(3)26-23/h4,6-7,10-14,18,21H,5,8-9H2,1-3H3,(H,24,26,27)/t18?,21-/m0/s1. The quantitative estimate of drug-likeness (QED) is 0.637. The Morgan fingerprint density at radius 1 is 1.21 bits per heavy atom. The summed E-state index contributed by atoms with van der Waals surface area (Å²) in [5, 5.41) is 3.22. The molecule has 3 aromatic rings. The molecular weight excluding hydrogens is 364 g/mol. The first-order chi connectivity index (χ1) is 14.0. The van der Waals surface area contributed by atoms with Gasteiger partial charge in [0.2, 0.25) is 5.95 Å². The minimum atomic E-state index is -0.0123. The van der Waals surface area contributed by atoms with Crippen LogP contribution in [-0.4, -0.2) is 20.7 Å².